The second-order valence-electron chi connectivity index (χ2n) is 6.83. The topological polar surface area (TPSA) is 18.5 Å². The van der Waals surface area contributed by atoms with Gasteiger partial charge in [0.1, 0.15) is 0 Å². The van der Waals surface area contributed by atoms with E-state index in [1.54, 1.807) is 0 Å². The van der Waals surface area contributed by atoms with E-state index in [9.17, 15) is 0 Å². The number of nitrogens with one attached hydrogen (secondary N) is 1. The monoisotopic (exact) mass is 265 g/mol. The number of piperidine rings is 1. The zero-order chi connectivity index (χ0) is 13.1. The minimum absolute atomic E-state index is 0.793. The lowest BCUT2D eigenvalue weighted by molar-refractivity contribution is 0.158. The fraction of sp³-hybridized carbons (Fsp3) is 1.00. The summed E-state index contributed by atoms with van der Waals surface area (Å²) in [6, 6.07) is 2.49. The fourth-order valence-electron chi connectivity index (χ4n) is 4.38. The second kappa shape index (κ2) is 6.55. The molecule has 3 aliphatic heterocycles. The van der Waals surface area contributed by atoms with Crippen molar-refractivity contribution in [3.8, 4) is 0 Å². The quantitative estimate of drug-likeness (QED) is 0.768. The standard InChI is InChI=1S/C16H31N3/c1-14-6-2-3-10-18(14)12-5-9-17-15-8-13-19-11-4-7-16(15)19/h14-17H,2-13H2,1H3. The molecule has 0 aromatic rings. The van der Waals surface area contributed by atoms with Crippen molar-refractivity contribution >= 4 is 0 Å². The molecule has 1 N–H and O–H groups in total. The van der Waals surface area contributed by atoms with Crippen molar-refractivity contribution in [1.29, 1.82) is 0 Å². The lowest BCUT2D eigenvalue weighted by Crippen LogP contribution is -2.42. The molecule has 0 aliphatic carbocycles. The first-order valence-electron chi connectivity index (χ1n) is 8.56. The molecular weight excluding hydrogens is 234 g/mol. The zero-order valence-corrected chi connectivity index (χ0v) is 12.6. The van der Waals surface area contributed by atoms with Crippen molar-refractivity contribution in [3.63, 3.8) is 0 Å². The molecule has 3 aliphatic rings. The van der Waals surface area contributed by atoms with E-state index in [2.05, 4.69) is 22.0 Å². The van der Waals surface area contributed by atoms with Gasteiger partial charge in [0, 0.05) is 24.7 Å². The molecule has 0 amide bonds. The van der Waals surface area contributed by atoms with Crippen molar-refractivity contribution in [2.24, 2.45) is 0 Å². The highest BCUT2D eigenvalue weighted by Crippen LogP contribution is 2.27. The largest absolute Gasteiger partial charge is 0.312 e. The summed E-state index contributed by atoms with van der Waals surface area (Å²) in [4.78, 5) is 5.39. The van der Waals surface area contributed by atoms with E-state index in [0.717, 1.165) is 18.1 Å². The Balaban J connectivity index is 1.32. The van der Waals surface area contributed by atoms with Crippen LogP contribution in [0.15, 0.2) is 0 Å². The normalized spacial score (nSPS) is 36.8. The number of nitrogens with zero attached hydrogens (tertiary/aromatic N) is 2. The molecule has 0 saturated carbocycles. The number of rotatable bonds is 5. The van der Waals surface area contributed by atoms with Crippen LogP contribution in [0.3, 0.4) is 0 Å². The molecule has 3 fully saturated rings. The molecule has 3 saturated heterocycles. The first kappa shape index (κ1) is 13.8. The predicted octanol–water partition coefficient (Wildman–Crippen LogP) is 2.08. The Hall–Kier alpha value is -0.120. The van der Waals surface area contributed by atoms with Gasteiger partial charge in [-0.15, -0.1) is 0 Å². The molecule has 3 atom stereocenters. The molecule has 110 valence electrons. The highest BCUT2D eigenvalue weighted by Gasteiger charge is 2.36. The van der Waals surface area contributed by atoms with Crippen molar-refractivity contribution in [2.75, 3.05) is 32.7 Å². The summed E-state index contributed by atoms with van der Waals surface area (Å²) in [5.74, 6) is 0. The molecule has 3 heteroatoms. The summed E-state index contributed by atoms with van der Waals surface area (Å²) in [6.07, 6.45) is 9.83. The van der Waals surface area contributed by atoms with Gasteiger partial charge in [0.25, 0.3) is 0 Å². The van der Waals surface area contributed by atoms with Crippen molar-refractivity contribution in [3.05, 3.63) is 0 Å². The van der Waals surface area contributed by atoms with Gasteiger partial charge in [0.15, 0.2) is 0 Å². The second-order valence-corrected chi connectivity index (χ2v) is 6.83. The molecular formula is C16H31N3. The number of hydrogen-bond donors (Lipinski definition) is 1. The van der Waals surface area contributed by atoms with E-state index in [1.807, 2.05) is 0 Å². The maximum atomic E-state index is 3.84. The summed E-state index contributed by atoms with van der Waals surface area (Å²) in [7, 11) is 0. The third-order valence-corrected chi connectivity index (χ3v) is 5.58. The van der Waals surface area contributed by atoms with Gasteiger partial charge in [-0.25, -0.2) is 0 Å². The van der Waals surface area contributed by atoms with Crippen LogP contribution < -0.4 is 5.32 Å². The minimum atomic E-state index is 0.793. The highest BCUT2D eigenvalue weighted by molar-refractivity contribution is 4.95. The zero-order valence-electron chi connectivity index (χ0n) is 12.6. The average Bonchev–Trinajstić information content (AvgIpc) is 3.00. The van der Waals surface area contributed by atoms with Crippen LogP contribution in [0, 0.1) is 0 Å². The highest BCUT2D eigenvalue weighted by atomic mass is 15.2. The number of fused-ring (bicyclic) bond motifs is 1. The minimum Gasteiger partial charge on any atom is -0.312 e. The molecule has 3 rings (SSSR count). The molecule has 0 bridgehead atoms. The van der Waals surface area contributed by atoms with E-state index in [4.69, 9.17) is 0 Å². The van der Waals surface area contributed by atoms with Crippen LogP contribution in [0.2, 0.25) is 0 Å². The lowest BCUT2D eigenvalue weighted by Gasteiger charge is -2.33. The van der Waals surface area contributed by atoms with Crippen LogP contribution in [-0.4, -0.2) is 60.6 Å². The van der Waals surface area contributed by atoms with Crippen LogP contribution in [0.4, 0.5) is 0 Å². The fourth-order valence-corrected chi connectivity index (χ4v) is 4.38. The van der Waals surface area contributed by atoms with Crippen molar-refractivity contribution in [2.45, 2.75) is 70.0 Å². The summed E-state index contributed by atoms with van der Waals surface area (Å²) in [6.45, 7) is 8.95. The first-order valence-corrected chi connectivity index (χ1v) is 8.56. The molecule has 0 spiro atoms. The smallest absolute Gasteiger partial charge is 0.0250 e. The number of likely N-dealkylation sites (tertiary alicyclic amines) is 1. The Labute approximate surface area is 118 Å². The Kier molecular flexibility index (Phi) is 4.78. The van der Waals surface area contributed by atoms with E-state index < -0.39 is 0 Å². The van der Waals surface area contributed by atoms with Gasteiger partial charge >= 0.3 is 0 Å². The molecule has 0 radical (unpaired) electrons. The van der Waals surface area contributed by atoms with Crippen LogP contribution in [0.5, 0.6) is 0 Å². The average molecular weight is 265 g/mol. The molecule has 3 nitrogen and oxygen atoms in total. The van der Waals surface area contributed by atoms with Crippen LogP contribution in [-0.2, 0) is 0 Å². The summed E-state index contributed by atoms with van der Waals surface area (Å²) >= 11 is 0. The van der Waals surface area contributed by atoms with Gasteiger partial charge in [0.05, 0.1) is 0 Å². The Morgan fingerprint density at radius 1 is 1.00 bits per heavy atom. The molecule has 3 heterocycles. The maximum absolute atomic E-state index is 3.84. The third kappa shape index (κ3) is 3.32. The molecule has 0 aromatic carbocycles. The third-order valence-electron chi connectivity index (χ3n) is 5.58. The summed E-state index contributed by atoms with van der Waals surface area (Å²) in [5, 5.41) is 3.84. The molecule has 0 aromatic heterocycles. The Morgan fingerprint density at radius 2 is 1.95 bits per heavy atom. The Morgan fingerprint density at radius 3 is 2.84 bits per heavy atom. The SMILES string of the molecule is CC1CCCCN1CCCNC1CCN2CCCC12. The van der Waals surface area contributed by atoms with Crippen LogP contribution >= 0.6 is 0 Å². The summed E-state index contributed by atoms with van der Waals surface area (Å²) in [5.41, 5.74) is 0. The van der Waals surface area contributed by atoms with E-state index in [1.165, 1.54) is 77.7 Å². The van der Waals surface area contributed by atoms with E-state index >= 15 is 0 Å². The van der Waals surface area contributed by atoms with E-state index in [0.29, 0.717) is 0 Å². The van der Waals surface area contributed by atoms with Crippen LogP contribution in [0.25, 0.3) is 0 Å². The van der Waals surface area contributed by atoms with Crippen LogP contribution in [0.1, 0.15) is 51.9 Å². The number of hydrogen-bond acceptors (Lipinski definition) is 3. The molecule has 19 heavy (non-hydrogen) atoms. The van der Waals surface area contributed by atoms with Gasteiger partial charge in [-0.1, -0.05) is 6.42 Å². The van der Waals surface area contributed by atoms with Crippen molar-refractivity contribution < 1.29 is 0 Å². The van der Waals surface area contributed by atoms with Gasteiger partial charge in [-0.05, 0) is 71.6 Å². The van der Waals surface area contributed by atoms with Gasteiger partial charge in [-0.2, -0.15) is 0 Å². The predicted molar refractivity (Wildman–Crippen MR) is 80.5 cm³/mol. The maximum Gasteiger partial charge on any atom is 0.0250 e. The molecule has 3 unspecified atom stereocenters. The van der Waals surface area contributed by atoms with Gasteiger partial charge < -0.3 is 10.2 Å². The van der Waals surface area contributed by atoms with E-state index in [-0.39, 0.29) is 0 Å². The lowest BCUT2D eigenvalue weighted by atomic mass is 10.0. The first-order chi connectivity index (χ1) is 9.34. The summed E-state index contributed by atoms with van der Waals surface area (Å²) < 4.78 is 0. The van der Waals surface area contributed by atoms with Gasteiger partial charge in [-0.3, -0.25) is 4.90 Å². The van der Waals surface area contributed by atoms with Gasteiger partial charge in [0.2, 0.25) is 0 Å². The Bertz CT molecular complexity index is 281. The van der Waals surface area contributed by atoms with Crippen molar-refractivity contribution in [1.82, 2.24) is 15.1 Å².